The van der Waals surface area contributed by atoms with Gasteiger partial charge in [0.05, 0.1) is 6.20 Å². The fourth-order valence-electron chi connectivity index (χ4n) is 1.37. The molecular formula is C12H10Cl2FN3O. The Labute approximate surface area is 119 Å². The van der Waals surface area contributed by atoms with E-state index in [-0.39, 0.29) is 11.8 Å². The Morgan fingerprint density at radius 3 is 2.58 bits per heavy atom. The molecule has 19 heavy (non-hydrogen) atoms. The summed E-state index contributed by atoms with van der Waals surface area (Å²) in [7, 11) is 0. The number of halogens is 3. The average molecular weight is 302 g/mol. The topological polar surface area (TPSA) is 47.0 Å². The number of nitrogens with zero attached hydrogens (tertiary/aromatic N) is 2. The lowest BCUT2D eigenvalue weighted by molar-refractivity contribution is 0.421. The molecule has 0 amide bonds. The summed E-state index contributed by atoms with van der Waals surface area (Å²) in [6.45, 7) is 2.50. The molecule has 0 fully saturated rings. The number of ether oxygens (including phenoxy) is 1. The zero-order valence-electron chi connectivity index (χ0n) is 9.95. The van der Waals surface area contributed by atoms with Crippen LogP contribution in [0, 0.1) is 5.82 Å². The summed E-state index contributed by atoms with van der Waals surface area (Å²) in [5.41, 5.74) is 0. The second-order valence-corrected chi connectivity index (χ2v) is 4.46. The highest BCUT2D eigenvalue weighted by Gasteiger charge is 2.10. The van der Waals surface area contributed by atoms with Crippen molar-refractivity contribution in [1.82, 2.24) is 9.97 Å². The fourth-order valence-corrected chi connectivity index (χ4v) is 1.87. The van der Waals surface area contributed by atoms with Crippen molar-refractivity contribution < 1.29 is 9.13 Å². The van der Waals surface area contributed by atoms with Gasteiger partial charge in [-0.05, 0) is 25.1 Å². The predicted molar refractivity (Wildman–Crippen MR) is 72.7 cm³/mol. The van der Waals surface area contributed by atoms with Gasteiger partial charge in [-0.25, -0.2) is 4.98 Å². The molecular weight excluding hydrogens is 292 g/mol. The highest BCUT2D eigenvalue weighted by molar-refractivity contribution is 6.34. The molecule has 0 saturated carbocycles. The lowest BCUT2D eigenvalue weighted by Gasteiger charge is -2.08. The molecule has 2 rings (SSSR count). The smallest absolute Gasteiger partial charge is 0.260 e. The standard InChI is InChI=1S/C12H10Cl2FN3O/c1-2-16-12-17-6-10(15)11(18-12)19-9-4-7(13)3-8(14)5-9/h3-6H,2H2,1H3,(H,16,17,18). The van der Waals surface area contributed by atoms with Crippen LogP contribution in [0.3, 0.4) is 0 Å². The van der Waals surface area contributed by atoms with Crippen molar-refractivity contribution >= 4 is 29.2 Å². The Hall–Kier alpha value is -1.59. The van der Waals surface area contributed by atoms with Crippen LogP contribution in [0.5, 0.6) is 11.6 Å². The molecule has 7 heteroatoms. The zero-order chi connectivity index (χ0) is 13.8. The molecule has 0 saturated heterocycles. The Bertz CT molecular complexity index is 575. The molecule has 0 atom stereocenters. The summed E-state index contributed by atoms with van der Waals surface area (Å²) in [5.74, 6) is -0.272. The predicted octanol–water partition coefficient (Wildman–Crippen LogP) is 4.15. The number of rotatable bonds is 4. The van der Waals surface area contributed by atoms with Gasteiger partial charge in [0.15, 0.2) is 0 Å². The Balaban J connectivity index is 2.28. The highest BCUT2D eigenvalue weighted by atomic mass is 35.5. The normalized spacial score (nSPS) is 10.3. The third kappa shape index (κ3) is 3.68. The number of aromatic nitrogens is 2. The van der Waals surface area contributed by atoms with Crippen LogP contribution in [0.1, 0.15) is 6.92 Å². The highest BCUT2D eigenvalue weighted by Crippen LogP contribution is 2.28. The van der Waals surface area contributed by atoms with Gasteiger partial charge in [-0.3, -0.25) is 0 Å². The van der Waals surface area contributed by atoms with E-state index in [0.717, 1.165) is 6.20 Å². The van der Waals surface area contributed by atoms with E-state index in [0.29, 0.717) is 22.3 Å². The zero-order valence-corrected chi connectivity index (χ0v) is 11.5. The third-order valence-corrected chi connectivity index (χ3v) is 2.53. The van der Waals surface area contributed by atoms with E-state index in [2.05, 4.69) is 15.3 Å². The summed E-state index contributed by atoms with van der Waals surface area (Å²) < 4.78 is 18.9. The van der Waals surface area contributed by atoms with E-state index in [4.69, 9.17) is 27.9 Å². The molecule has 0 spiro atoms. The van der Waals surface area contributed by atoms with E-state index >= 15 is 0 Å². The van der Waals surface area contributed by atoms with Gasteiger partial charge in [-0.2, -0.15) is 9.37 Å². The molecule has 1 aromatic carbocycles. The quantitative estimate of drug-likeness (QED) is 0.921. The number of benzene rings is 1. The molecule has 0 unspecified atom stereocenters. The summed E-state index contributed by atoms with van der Waals surface area (Å²) >= 11 is 11.7. The van der Waals surface area contributed by atoms with Crippen molar-refractivity contribution in [2.45, 2.75) is 6.92 Å². The molecule has 0 aliphatic carbocycles. The molecule has 1 heterocycles. The SMILES string of the molecule is CCNc1ncc(F)c(Oc2cc(Cl)cc(Cl)c2)n1. The monoisotopic (exact) mass is 301 g/mol. The van der Waals surface area contributed by atoms with Gasteiger partial charge in [-0.1, -0.05) is 23.2 Å². The minimum Gasteiger partial charge on any atom is -0.436 e. The number of anilines is 1. The van der Waals surface area contributed by atoms with Gasteiger partial charge in [0.1, 0.15) is 5.75 Å². The Morgan fingerprint density at radius 2 is 1.95 bits per heavy atom. The van der Waals surface area contributed by atoms with Gasteiger partial charge < -0.3 is 10.1 Å². The lowest BCUT2D eigenvalue weighted by Crippen LogP contribution is -2.04. The van der Waals surface area contributed by atoms with Crippen molar-refractivity contribution in [2.24, 2.45) is 0 Å². The molecule has 100 valence electrons. The first-order valence-electron chi connectivity index (χ1n) is 5.49. The first-order valence-corrected chi connectivity index (χ1v) is 6.24. The maximum Gasteiger partial charge on any atom is 0.260 e. The van der Waals surface area contributed by atoms with Crippen LogP contribution in [0.25, 0.3) is 0 Å². The summed E-state index contributed by atoms with van der Waals surface area (Å²) in [6, 6.07) is 4.58. The molecule has 4 nitrogen and oxygen atoms in total. The van der Waals surface area contributed by atoms with Crippen LogP contribution in [-0.4, -0.2) is 16.5 Å². The van der Waals surface area contributed by atoms with Crippen LogP contribution >= 0.6 is 23.2 Å². The van der Waals surface area contributed by atoms with Gasteiger partial charge >= 0.3 is 0 Å². The minimum absolute atomic E-state index is 0.190. The molecule has 1 aromatic heterocycles. The van der Waals surface area contributed by atoms with Gasteiger partial charge in [-0.15, -0.1) is 0 Å². The lowest BCUT2D eigenvalue weighted by atomic mass is 10.3. The van der Waals surface area contributed by atoms with Crippen molar-refractivity contribution in [3.63, 3.8) is 0 Å². The molecule has 0 bridgehead atoms. The number of hydrogen-bond donors (Lipinski definition) is 1. The van der Waals surface area contributed by atoms with Gasteiger partial charge in [0.25, 0.3) is 5.88 Å². The Kier molecular flexibility index (Phi) is 4.39. The van der Waals surface area contributed by atoms with Crippen LogP contribution in [-0.2, 0) is 0 Å². The van der Waals surface area contributed by atoms with Crippen molar-refractivity contribution in [1.29, 1.82) is 0 Å². The van der Waals surface area contributed by atoms with Crippen molar-refractivity contribution in [3.05, 3.63) is 40.3 Å². The summed E-state index contributed by atoms with van der Waals surface area (Å²) in [5, 5.41) is 3.65. The molecule has 0 radical (unpaired) electrons. The van der Waals surface area contributed by atoms with E-state index < -0.39 is 5.82 Å². The second-order valence-electron chi connectivity index (χ2n) is 3.58. The number of nitrogens with one attached hydrogen (secondary N) is 1. The van der Waals surface area contributed by atoms with E-state index in [1.807, 2.05) is 6.92 Å². The molecule has 1 N–H and O–H groups in total. The Morgan fingerprint density at radius 1 is 1.26 bits per heavy atom. The fraction of sp³-hybridized carbons (Fsp3) is 0.167. The van der Waals surface area contributed by atoms with Gasteiger partial charge in [0, 0.05) is 16.6 Å². The van der Waals surface area contributed by atoms with Crippen LogP contribution in [0.4, 0.5) is 10.3 Å². The van der Waals surface area contributed by atoms with E-state index in [1.165, 1.54) is 12.1 Å². The first-order chi connectivity index (χ1) is 9.08. The van der Waals surface area contributed by atoms with E-state index in [1.54, 1.807) is 6.07 Å². The van der Waals surface area contributed by atoms with Gasteiger partial charge in [0.2, 0.25) is 11.8 Å². The maximum atomic E-state index is 13.6. The van der Waals surface area contributed by atoms with Crippen molar-refractivity contribution in [3.8, 4) is 11.6 Å². The minimum atomic E-state index is -0.669. The third-order valence-electron chi connectivity index (χ3n) is 2.10. The summed E-state index contributed by atoms with van der Waals surface area (Å²) in [4.78, 5) is 7.69. The summed E-state index contributed by atoms with van der Waals surface area (Å²) in [6.07, 6.45) is 1.03. The average Bonchev–Trinajstić information content (AvgIpc) is 2.32. The second kappa shape index (κ2) is 6.04. The largest absolute Gasteiger partial charge is 0.436 e. The van der Waals surface area contributed by atoms with E-state index in [9.17, 15) is 4.39 Å². The first kappa shape index (κ1) is 13.8. The van der Waals surface area contributed by atoms with Crippen LogP contribution in [0.2, 0.25) is 10.0 Å². The molecule has 0 aliphatic heterocycles. The van der Waals surface area contributed by atoms with Crippen LogP contribution in [0.15, 0.2) is 24.4 Å². The van der Waals surface area contributed by atoms with Crippen LogP contribution < -0.4 is 10.1 Å². The van der Waals surface area contributed by atoms with Crippen molar-refractivity contribution in [2.75, 3.05) is 11.9 Å². The maximum absolute atomic E-state index is 13.6. The number of hydrogen-bond acceptors (Lipinski definition) is 4. The molecule has 0 aliphatic rings. The molecule has 2 aromatic rings.